The molecule has 0 unspecified atom stereocenters. The van der Waals surface area contributed by atoms with E-state index in [0.29, 0.717) is 5.13 Å². The first-order valence-corrected chi connectivity index (χ1v) is 4.91. The van der Waals surface area contributed by atoms with Gasteiger partial charge in [0.25, 0.3) is 0 Å². The lowest BCUT2D eigenvalue weighted by atomic mass is 10.2. The quantitative estimate of drug-likeness (QED) is 0.778. The number of anilines is 1. The number of hydrogen-bond acceptors (Lipinski definition) is 4. The number of hydrogen-bond donors (Lipinski definition) is 2. The van der Waals surface area contributed by atoms with Crippen molar-refractivity contribution in [3.63, 3.8) is 0 Å². The van der Waals surface area contributed by atoms with E-state index in [1.165, 1.54) is 11.3 Å². The Kier molecular flexibility index (Phi) is 3.25. The highest BCUT2D eigenvalue weighted by Crippen LogP contribution is 2.23. The van der Waals surface area contributed by atoms with Crippen LogP contribution in [0.25, 0.3) is 0 Å². The van der Waals surface area contributed by atoms with Gasteiger partial charge in [0.15, 0.2) is 10.8 Å². The van der Waals surface area contributed by atoms with Gasteiger partial charge in [-0.25, -0.2) is 9.78 Å². The van der Waals surface area contributed by atoms with Gasteiger partial charge in [-0.2, -0.15) is 0 Å². The minimum atomic E-state index is -0.943. The SMILES string of the molecule is CCCc1sc(NC)nc1C(=O)O. The second-order valence-electron chi connectivity index (χ2n) is 2.60. The number of nitrogens with one attached hydrogen (secondary N) is 1. The third-order valence-electron chi connectivity index (χ3n) is 1.59. The van der Waals surface area contributed by atoms with Gasteiger partial charge >= 0.3 is 5.97 Å². The van der Waals surface area contributed by atoms with Crippen molar-refractivity contribution in [3.05, 3.63) is 10.6 Å². The molecule has 0 aliphatic heterocycles. The Bertz CT molecular complexity index is 309. The molecule has 1 aromatic heterocycles. The van der Waals surface area contributed by atoms with E-state index in [-0.39, 0.29) is 5.69 Å². The van der Waals surface area contributed by atoms with Crippen LogP contribution in [0.1, 0.15) is 28.7 Å². The van der Waals surface area contributed by atoms with Gasteiger partial charge in [0.1, 0.15) is 0 Å². The van der Waals surface area contributed by atoms with Crippen LogP contribution in [0.2, 0.25) is 0 Å². The standard InChI is InChI=1S/C8H12N2O2S/c1-3-4-5-6(7(11)12)10-8(9-2)13-5/h3-4H2,1-2H3,(H,9,10)(H,11,12). The van der Waals surface area contributed by atoms with Crippen LogP contribution in [0.4, 0.5) is 5.13 Å². The molecule has 13 heavy (non-hydrogen) atoms. The highest BCUT2D eigenvalue weighted by atomic mass is 32.1. The highest BCUT2D eigenvalue weighted by molar-refractivity contribution is 7.15. The third-order valence-corrected chi connectivity index (χ3v) is 2.72. The van der Waals surface area contributed by atoms with Gasteiger partial charge < -0.3 is 10.4 Å². The predicted octanol–water partition coefficient (Wildman–Crippen LogP) is 1.84. The molecule has 1 heterocycles. The van der Waals surface area contributed by atoms with Gasteiger partial charge in [-0.1, -0.05) is 13.3 Å². The van der Waals surface area contributed by atoms with Gasteiger partial charge in [-0.3, -0.25) is 0 Å². The number of thiazole rings is 1. The first-order valence-electron chi connectivity index (χ1n) is 4.09. The Morgan fingerprint density at radius 1 is 1.69 bits per heavy atom. The molecular formula is C8H12N2O2S. The highest BCUT2D eigenvalue weighted by Gasteiger charge is 2.15. The number of carboxylic acids is 1. The fourth-order valence-electron chi connectivity index (χ4n) is 1.02. The third kappa shape index (κ3) is 2.18. The molecule has 0 amide bonds. The largest absolute Gasteiger partial charge is 0.476 e. The molecule has 0 aromatic carbocycles. The first kappa shape index (κ1) is 9.98. The molecule has 0 aliphatic carbocycles. The number of carboxylic acid groups (broad SMARTS) is 1. The molecular weight excluding hydrogens is 188 g/mol. The maximum atomic E-state index is 10.7. The molecule has 72 valence electrons. The maximum absolute atomic E-state index is 10.7. The van der Waals surface area contributed by atoms with Gasteiger partial charge in [-0.15, -0.1) is 11.3 Å². The fraction of sp³-hybridized carbons (Fsp3) is 0.500. The zero-order valence-electron chi connectivity index (χ0n) is 7.63. The minimum Gasteiger partial charge on any atom is -0.476 e. The molecule has 0 atom stereocenters. The van der Waals surface area contributed by atoms with Crippen molar-refractivity contribution in [2.45, 2.75) is 19.8 Å². The summed E-state index contributed by atoms with van der Waals surface area (Å²) in [5, 5.41) is 12.3. The van der Waals surface area contributed by atoms with E-state index >= 15 is 0 Å². The van der Waals surface area contributed by atoms with Gasteiger partial charge in [0, 0.05) is 11.9 Å². The molecule has 0 fully saturated rings. The summed E-state index contributed by atoms with van der Waals surface area (Å²) >= 11 is 1.41. The number of aromatic nitrogens is 1. The average molecular weight is 200 g/mol. The summed E-state index contributed by atoms with van der Waals surface area (Å²) in [6.07, 6.45) is 1.71. The Morgan fingerprint density at radius 2 is 2.38 bits per heavy atom. The van der Waals surface area contributed by atoms with Crippen LogP contribution in [0.15, 0.2) is 0 Å². The van der Waals surface area contributed by atoms with Crippen molar-refractivity contribution in [1.29, 1.82) is 0 Å². The minimum absolute atomic E-state index is 0.191. The summed E-state index contributed by atoms with van der Waals surface area (Å²) in [6, 6.07) is 0. The second-order valence-corrected chi connectivity index (χ2v) is 3.68. The molecule has 0 spiro atoms. The Labute approximate surface area is 80.6 Å². The molecule has 1 aromatic rings. The summed E-state index contributed by atoms with van der Waals surface area (Å²) in [4.78, 5) is 15.5. The first-order chi connectivity index (χ1) is 6.19. The molecule has 5 heteroatoms. The van der Waals surface area contributed by atoms with E-state index < -0.39 is 5.97 Å². The second kappa shape index (κ2) is 4.23. The summed E-state index contributed by atoms with van der Waals surface area (Å²) in [6.45, 7) is 2.02. The van der Waals surface area contributed by atoms with Crippen molar-refractivity contribution >= 4 is 22.4 Å². The van der Waals surface area contributed by atoms with Crippen molar-refractivity contribution in [2.24, 2.45) is 0 Å². The van der Waals surface area contributed by atoms with Crippen LogP contribution < -0.4 is 5.32 Å². The maximum Gasteiger partial charge on any atom is 0.355 e. The van der Waals surface area contributed by atoms with Gasteiger partial charge in [0.05, 0.1) is 0 Å². The number of aromatic carboxylic acids is 1. The van der Waals surface area contributed by atoms with Crippen LogP contribution in [0.5, 0.6) is 0 Å². The summed E-state index contributed by atoms with van der Waals surface area (Å²) in [5.41, 5.74) is 0.191. The molecule has 0 saturated heterocycles. The van der Waals surface area contributed by atoms with E-state index in [2.05, 4.69) is 10.3 Å². The number of nitrogens with zero attached hydrogens (tertiary/aromatic N) is 1. The lowest BCUT2D eigenvalue weighted by Crippen LogP contribution is -2.00. The normalized spacial score (nSPS) is 10.0. The van der Waals surface area contributed by atoms with Crippen molar-refractivity contribution < 1.29 is 9.90 Å². The van der Waals surface area contributed by atoms with Gasteiger partial charge in [-0.05, 0) is 6.42 Å². The Morgan fingerprint density at radius 3 is 2.85 bits per heavy atom. The topological polar surface area (TPSA) is 62.2 Å². The predicted molar refractivity (Wildman–Crippen MR) is 52.6 cm³/mol. The number of carbonyl (C=O) groups is 1. The van der Waals surface area contributed by atoms with E-state index in [4.69, 9.17) is 5.11 Å². The van der Waals surface area contributed by atoms with Crippen molar-refractivity contribution in [1.82, 2.24) is 4.98 Å². The molecule has 0 radical (unpaired) electrons. The summed E-state index contributed by atoms with van der Waals surface area (Å²) in [5.74, 6) is -0.943. The zero-order chi connectivity index (χ0) is 9.84. The van der Waals surface area contributed by atoms with E-state index in [9.17, 15) is 4.79 Å². The molecule has 2 N–H and O–H groups in total. The zero-order valence-corrected chi connectivity index (χ0v) is 8.44. The molecule has 0 saturated carbocycles. The van der Waals surface area contributed by atoms with E-state index in [0.717, 1.165) is 17.7 Å². The van der Waals surface area contributed by atoms with Crippen LogP contribution in [-0.2, 0) is 6.42 Å². The smallest absolute Gasteiger partial charge is 0.355 e. The van der Waals surface area contributed by atoms with Crippen LogP contribution in [0, 0.1) is 0 Å². The molecule has 0 aliphatic rings. The van der Waals surface area contributed by atoms with Crippen LogP contribution in [0.3, 0.4) is 0 Å². The van der Waals surface area contributed by atoms with Gasteiger partial charge in [0.2, 0.25) is 0 Å². The lowest BCUT2D eigenvalue weighted by molar-refractivity contribution is 0.0690. The van der Waals surface area contributed by atoms with Crippen LogP contribution in [-0.4, -0.2) is 23.1 Å². The Balaban J connectivity index is 3.00. The molecule has 0 bridgehead atoms. The summed E-state index contributed by atoms with van der Waals surface area (Å²) in [7, 11) is 1.74. The fourth-order valence-corrected chi connectivity index (χ4v) is 2.03. The Hall–Kier alpha value is -1.10. The van der Waals surface area contributed by atoms with E-state index in [1.54, 1.807) is 7.05 Å². The van der Waals surface area contributed by atoms with Crippen LogP contribution >= 0.6 is 11.3 Å². The number of rotatable bonds is 4. The average Bonchev–Trinajstić information content (AvgIpc) is 2.48. The molecule has 1 rings (SSSR count). The van der Waals surface area contributed by atoms with Crippen molar-refractivity contribution in [2.75, 3.05) is 12.4 Å². The summed E-state index contributed by atoms with van der Waals surface area (Å²) < 4.78 is 0. The lowest BCUT2D eigenvalue weighted by Gasteiger charge is -1.92. The van der Waals surface area contributed by atoms with E-state index in [1.807, 2.05) is 6.92 Å². The number of aryl methyl sites for hydroxylation is 1. The molecule has 4 nitrogen and oxygen atoms in total. The monoisotopic (exact) mass is 200 g/mol. The van der Waals surface area contributed by atoms with Crippen molar-refractivity contribution in [3.8, 4) is 0 Å².